The molecule has 0 aliphatic carbocycles. The molecule has 0 saturated carbocycles. The van der Waals surface area contributed by atoms with Crippen molar-refractivity contribution in [2.24, 2.45) is 0 Å². The first-order valence-corrected chi connectivity index (χ1v) is 9.10. The maximum absolute atomic E-state index is 13.0. The van der Waals surface area contributed by atoms with Gasteiger partial charge >= 0.3 is 0 Å². The predicted molar refractivity (Wildman–Crippen MR) is 104 cm³/mol. The van der Waals surface area contributed by atoms with E-state index >= 15 is 0 Å². The maximum atomic E-state index is 13.0. The number of nitrogens with zero attached hydrogens (tertiary/aromatic N) is 4. The van der Waals surface area contributed by atoms with Crippen molar-refractivity contribution in [2.45, 2.75) is 33.2 Å². The minimum atomic E-state index is -0.293. The van der Waals surface area contributed by atoms with Crippen molar-refractivity contribution in [3.8, 4) is 6.07 Å². The van der Waals surface area contributed by atoms with E-state index in [0.29, 0.717) is 19.0 Å². The Morgan fingerprint density at radius 3 is 3.00 bits per heavy atom. The highest BCUT2D eigenvalue weighted by Crippen LogP contribution is 2.26. The fraction of sp³-hybridized carbons (Fsp3) is 0.381. The Bertz CT molecular complexity index is 921. The first-order chi connectivity index (χ1) is 13.1. The highest BCUT2D eigenvalue weighted by Gasteiger charge is 2.26. The molecule has 0 fully saturated rings. The lowest BCUT2D eigenvalue weighted by Gasteiger charge is -2.27. The van der Waals surface area contributed by atoms with Crippen LogP contribution in [0.1, 0.15) is 28.9 Å². The van der Waals surface area contributed by atoms with Crippen LogP contribution >= 0.6 is 0 Å². The van der Waals surface area contributed by atoms with E-state index in [1.54, 1.807) is 24.3 Å². The number of nitriles is 1. The number of hydrogen-bond acceptors (Lipinski definition) is 4. The Morgan fingerprint density at radius 2 is 2.26 bits per heavy atom. The molecular weight excluding hydrogens is 340 g/mol. The topological polar surface area (TPSA) is 71.2 Å². The van der Waals surface area contributed by atoms with Crippen molar-refractivity contribution >= 4 is 17.8 Å². The second-order valence-electron chi connectivity index (χ2n) is 6.69. The average Bonchev–Trinajstić information content (AvgIpc) is 2.96. The number of hydrogen-bond donors (Lipinski definition) is 0. The molecule has 0 aromatic carbocycles. The molecule has 27 heavy (non-hydrogen) atoms. The zero-order valence-corrected chi connectivity index (χ0v) is 16.0. The van der Waals surface area contributed by atoms with Gasteiger partial charge in [-0.1, -0.05) is 6.07 Å². The number of methoxy groups -OCH3 is 1. The van der Waals surface area contributed by atoms with Crippen molar-refractivity contribution in [1.29, 1.82) is 5.26 Å². The quantitative estimate of drug-likeness (QED) is 0.604. The van der Waals surface area contributed by atoms with Gasteiger partial charge in [-0.15, -0.1) is 0 Å². The molecule has 0 radical (unpaired) electrons. The Morgan fingerprint density at radius 1 is 1.44 bits per heavy atom. The summed E-state index contributed by atoms with van der Waals surface area (Å²) in [6.07, 6.45) is 5.14. The van der Waals surface area contributed by atoms with Gasteiger partial charge in [-0.2, -0.15) is 5.26 Å². The third-order valence-electron chi connectivity index (χ3n) is 4.98. The first kappa shape index (κ1) is 18.9. The summed E-state index contributed by atoms with van der Waals surface area (Å²) in [5, 5.41) is 9.63. The zero-order chi connectivity index (χ0) is 19.4. The lowest BCUT2D eigenvalue weighted by atomic mass is 10.0. The van der Waals surface area contributed by atoms with Crippen LogP contribution in [0, 0.1) is 25.2 Å². The zero-order valence-electron chi connectivity index (χ0n) is 16.0. The van der Waals surface area contributed by atoms with Crippen LogP contribution in [0.5, 0.6) is 0 Å². The fourth-order valence-electron chi connectivity index (χ4n) is 3.54. The highest BCUT2D eigenvalue weighted by atomic mass is 16.5. The van der Waals surface area contributed by atoms with Crippen molar-refractivity contribution in [1.82, 2.24) is 9.55 Å². The molecule has 0 atom stereocenters. The number of carbonyl (C=O) groups is 1. The monoisotopic (exact) mass is 364 g/mol. The Kier molecular flexibility index (Phi) is 5.72. The molecule has 6 nitrogen and oxygen atoms in total. The van der Waals surface area contributed by atoms with Gasteiger partial charge in [0.1, 0.15) is 17.5 Å². The van der Waals surface area contributed by atoms with Crippen LogP contribution in [0.2, 0.25) is 0 Å². The number of pyridine rings is 1. The third-order valence-corrected chi connectivity index (χ3v) is 4.98. The summed E-state index contributed by atoms with van der Waals surface area (Å²) >= 11 is 0. The van der Waals surface area contributed by atoms with Gasteiger partial charge in [-0.05, 0) is 56.0 Å². The van der Waals surface area contributed by atoms with E-state index in [1.165, 1.54) is 0 Å². The van der Waals surface area contributed by atoms with E-state index in [9.17, 15) is 10.1 Å². The largest absolute Gasteiger partial charge is 0.383 e. The molecule has 6 heteroatoms. The molecule has 1 aliphatic heterocycles. The molecule has 140 valence electrons. The summed E-state index contributed by atoms with van der Waals surface area (Å²) in [5.74, 6) is 0.374. The van der Waals surface area contributed by atoms with E-state index in [0.717, 1.165) is 41.9 Å². The third kappa shape index (κ3) is 3.79. The first-order valence-electron chi connectivity index (χ1n) is 9.10. The number of ether oxygens (including phenoxy) is 1. The van der Waals surface area contributed by atoms with Crippen LogP contribution < -0.4 is 4.90 Å². The minimum Gasteiger partial charge on any atom is -0.383 e. The second kappa shape index (κ2) is 8.19. The van der Waals surface area contributed by atoms with Gasteiger partial charge in [0.15, 0.2) is 0 Å². The van der Waals surface area contributed by atoms with Crippen LogP contribution in [-0.4, -0.2) is 35.7 Å². The van der Waals surface area contributed by atoms with Gasteiger partial charge in [0.05, 0.1) is 6.61 Å². The van der Waals surface area contributed by atoms with Gasteiger partial charge in [0.25, 0.3) is 5.91 Å². The number of aromatic nitrogens is 2. The summed E-state index contributed by atoms with van der Waals surface area (Å²) in [5.41, 5.74) is 4.15. The number of amides is 1. The number of carbonyl (C=O) groups excluding carboxylic acids is 1. The lowest BCUT2D eigenvalue weighted by molar-refractivity contribution is -0.114. The number of rotatable bonds is 5. The standard InChI is InChI=1S/C21H24N4O2/c1-15-12-18(16(2)24(15)10-11-27-3)13-19(14-22)21(26)25-9-5-7-17-6-4-8-23-20(17)25/h4,6,8,12-13H,5,7,9-11H2,1-3H3/b19-13+. The second-order valence-corrected chi connectivity index (χ2v) is 6.69. The molecule has 3 rings (SSSR count). The average molecular weight is 364 g/mol. The SMILES string of the molecule is COCCn1c(C)cc(/C=C(\C#N)C(=O)N2CCCc3cccnc32)c1C. The maximum Gasteiger partial charge on any atom is 0.270 e. The van der Waals surface area contributed by atoms with Gasteiger partial charge in [0, 0.05) is 37.8 Å². The van der Waals surface area contributed by atoms with Crippen molar-refractivity contribution in [3.05, 3.63) is 52.5 Å². The number of fused-ring (bicyclic) bond motifs is 1. The Hall–Kier alpha value is -2.91. The fourth-order valence-corrected chi connectivity index (χ4v) is 3.54. The predicted octanol–water partition coefficient (Wildman–Crippen LogP) is 3.03. The molecule has 0 N–H and O–H groups in total. The van der Waals surface area contributed by atoms with Gasteiger partial charge in [-0.25, -0.2) is 4.98 Å². The summed E-state index contributed by atoms with van der Waals surface area (Å²) in [6.45, 7) is 5.93. The van der Waals surface area contributed by atoms with Crippen molar-refractivity contribution in [3.63, 3.8) is 0 Å². The Labute approximate surface area is 159 Å². The summed E-state index contributed by atoms with van der Waals surface area (Å²) in [4.78, 5) is 19.0. The molecule has 2 aromatic rings. The van der Waals surface area contributed by atoms with E-state index < -0.39 is 0 Å². The van der Waals surface area contributed by atoms with Gasteiger partial charge in [-0.3, -0.25) is 9.69 Å². The van der Waals surface area contributed by atoms with Crippen LogP contribution in [0.25, 0.3) is 6.08 Å². The molecule has 0 spiro atoms. The minimum absolute atomic E-state index is 0.125. The Balaban J connectivity index is 1.92. The van der Waals surface area contributed by atoms with E-state index in [-0.39, 0.29) is 11.5 Å². The smallest absolute Gasteiger partial charge is 0.270 e. The summed E-state index contributed by atoms with van der Waals surface area (Å²) in [7, 11) is 1.67. The van der Waals surface area contributed by atoms with Crippen molar-refractivity contribution < 1.29 is 9.53 Å². The summed E-state index contributed by atoms with van der Waals surface area (Å²) < 4.78 is 7.29. The van der Waals surface area contributed by atoms with E-state index in [1.807, 2.05) is 32.0 Å². The summed E-state index contributed by atoms with van der Waals surface area (Å²) in [6, 6.07) is 7.95. The molecule has 0 unspecified atom stereocenters. The molecule has 1 amide bonds. The lowest BCUT2D eigenvalue weighted by Crippen LogP contribution is -2.36. The number of aryl methyl sites for hydroxylation is 2. The molecule has 3 heterocycles. The molecule has 0 saturated heterocycles. The van der Waals surface area contributed by atoms with Crippen LogP contribution in [0.15, 0.2) is 30.0 Å². The van der Waals surface area contributed by atoms with Crippen LogP contribution in [0.4, 0.5) is 5.82 Å². The molecular formula is C21H24N4O2. The number of anilines is 1. The molecule has 0 bridgehead atoms. The van der Waals surface area contributed by atoms with Gasteiger partial charge < -0.3 is 9.30 Å². The highest BCUT2D eigenvalue weighted by molar-refractivity contribution is 6.11. The molecule has 1 aliphatic rings. The van der Waals surface area contributed by atoms with Crippen molar-refractivity contribution in [2.75, 3.05) is 25.2 Å². The van der Waals surface area contributed by atoms with E-state index in [2.05, 4.69) is 15.6 Å². The van der Waals surface area contributed by atoms with Gasteiger partial charge in [0.2, 0.25) is 0 Å². The van der Waals surface area contributed by atoms with Crippen LogP contribution in [-0.2, 0) is 22.5 Å². The van der Waals surface area contributed by atoms with E-state index in [4.69, 9.17) is 4.74 Å². The normalized spacial score (nSPS) is 14.0. The van der Waals surface area contributed by atoms with Crippen LogP contribution in [0.3, 0.4) is 0 Å². The molecule has 2 aromatic heterocycles.